The van der Waals surface area contributed by atoms with Gasteiger partial charge in [0.25, 0.3) is 0 Å². The van der Waals surface area contributed by atoms with Gasteiger partial charge < -0.3 is 0 Å². The van der Waals surface area contributed by atoms with Gasteiger partial charge >= 0.3 is 0 Å². The number of ketones is 2. The predicted molar refractivity (Wildman–Crippen MR) is 93.7 cm³/mol. The second kappa shape index (κ2) is 5.08. The van der Waals surface area contributed by atoms with E-state index in [1.807, 2.05) is 41.8 Å². The van der Waals surface area contributed by atoms with Gasteiger partial charge in [0.05, 0.1) is 11.6 Å². The molecule has 0 radical (unpaired) electrons. The highest BCUT2D eigenvalue weighted by Gasteiger charge is 2.48. The molecule has 3 nitrogen and oxygen atoms in total. The molecule has 0 unspecified atom stereocenters. The summed E-state index contributed by atoms with van der Waals surface area (Å²) in [5.41, 5.74) is 4.25. The molecular formula is C20H15NO2S. The fourth-order valence-corrected chi connectivity index (χ4v) is 5.09. The van der Waals surface area contributed by atoms with Crippen LogP contribution in [0.4, 0.5) is 0 Å². The predicted octanol–water partition coefficient (Wildman–Crippen LogP) is 4.15. The first-order chi connectivity index (χ1) is 11.8. The smallest absolute Gasteiger partial charge is 0.173 e. The number of carbonyl (C=O) groups is 2. The van der Waals surface area contributed by atoms with E-state index in [-0.39, 0.29) is 23.4 Å². The van der Waals surface area contributed by atoms with Gasteiger partial charge in [-0.2, -0.15) is 0 Å². The third-order valence-electron chi connectivity index (χ3n) is 5.22. The molecular weight excluding hydrogens is 318 g/mol. The maximum Gasteiger partial charge on any atom is 0.173 e. The molecule has 5 rings (SSSR count). The summed E-state index contributed by atoms with van der Waals surface area (Å²) in [5.74, 6) is -0.240. The largest absolute Gasteiger partial charge is 0.294 e. The Morgan fingerprint density at radius 3 is 2.58 bits per heavy atom. The summed E-state index contributed by atoms with van der Waals surface area (Å²) < 4.78 is 0. The summed E-state index contributed by atoms with van der Waals surface area (Å²) >= 11 is 1.62. The van der Waals surface area contributed by atoms with Crippen LogP contribution < -0.4 is 0 Å². The summed E-state index contributed by atoms with van der Waals surface area (Å²) in [4.78, 5) is 31.7. The van der Waals surface area contributed by atoms with Gasteiger partial charge in [-0.3, -0.25) is 14.6 Å². The fourth-order valence-electron chi connectivity index (χ4n) is 4.22. The first-order valence-corrected chi connectivity index (χ1v) is 9.15. The molecule has 1 aliphatic heterocycles. The van der Waals surface area contributed by atoms with E-state index in [1.54, 1.807) is 11.3 Å². The minimum atomic E-state index is -0.346. The van der Waals surface area contributed by atoms with Gasteiger partial charge in [-0.1, -0.05) is 30.3 Å². The summed E-state index contributed by atoms with van der Waals surface area (Å²) in [6.45, 7) is 0. The van der Waals surface area contributed by atoms with E-state index in [2.05, 4.69) is 0 Å². The monoisotopic (exact) mass is 333 g/mol. The van der Waals surface area contributed by atoms with E-state index in [4.69, 9.17) is 4.99 Å². The van der Waals surface area contributed by atoms with Crippen LogP contribution in [-0.2, 0) is 4.79 Å². The molecule has 24 heavy (non-hydrogen) atoms. The average molecular weight is 333 g/mol. The molecule has 0 N–H and O–H groups in total. The van der Waals surface area contributed by atoms with Gasteiger partial charge in [-0.05, 0) is 24.3 Å². The number of carbonyl (C=O) groups excluding carboxylic acids is 2. The number of rotatable bonds is 1. The van der Waals surface area contributed by atoms with Crippen LogP contribution in [0.25, 0.3) is 0 Å². The Kier molecular flexibility index (Phi) is 2.98. The number of aliphatic imine (C=N–C) groups is 1. The summed E-state index contributed by atoms with van der Waals surface area (Å²) in [5, 5.41) is 2.01. The quantitative estimate of drug-likeness (QED) is 0.787. The molecule has 0 saturated heterocycles. The van der Waals surface area contributed by atoms with Crippen molar-refractivity contribution in [2.24, 2.45) is 10.9 Å². The summed E-state index contributed by atoms with van der Waals surface area (Å²) in [6, 6.07) is 11.7. The highest BCUT2D eigenvalue weighted by Crippen LogP contribution is 2.49. The molecule has 0 bridgehead atoms. The zero-order valence-corrected chi connectivity index (χ0v) is 13.8. The number of allylic oxidation sites excluding steroid dienone is 2. The molecule has 0 fully saturated rings. The lowest BCUT2D eigenvalue weighted by molar-refractivity contribution is -0.116. The molecule has 0 spiro atoms. The zero-order valence-electron chi connectivity index (χ0n) is 13.0. The van der Waals surface area contributed by atoms with E-state index < -0.39 is 0 Å². The third kappa shape index (κ3) is 1.80. The maximum atomic E-state index is 13.1. The number of thiophene rings is 1. The van der Waals surface area contributed by atoms with Crippen LogP contribution in [0.5, 0.6) is 0 Å². The number of hydrogen-bond donors (Lipinski definition) is 0. The standard InChI is InChI=1S/C20H15NO2S/c22-14-8-3-7-13-16(14)17(15-9-4-10-24-15)18-19(21-13)11-5-1-2-6-12(11)20(18)23/h1-2,4-6,9-10,17-18H,3,7-8H2/t17-,18-/m1/s1. The Morgan fingerprint density at radius 2 is 1.79 bits per heavy atom. The number of Topliss-reactive ketones (excluding diaryl/α,β-unsaturated/α-hetero) is 2. The van der Waals surface area contributed by atoms with Gasteiger partial charge in [0.1, 0.15) is 0 Å². The first-order valence-electron chi connectivity index (χ1n) is 8.27. The molecule has 3 aliphatic rings. The van der Waals surface area contributed by atoms with Gasteiger partial charge in [0.15, 0.2) is 11.6 Å². The first kappa shape index (κ1) is 14.1. The van der Waals surface area contributed by atoms with E-state index in [0.717, 1.165) is 45.8 Å². The topological polar surface area (TPSA) is 46.5 Å². The van der Waals surface area contributed by atoms with Crippen molar-refractivity contribution in [3.63, 3.8) is 0 Å². The van der Waals surface area contributed by atoms with Crippen LogP contribution in [-0.4, -0.2) is 17.3 Å². The van der Waals surface area contributed by atoms with Gasteiger partial charge in [-0.25, -0.2) is 0 Å². The van der Waals surface area contributed by atoms with Crippen LogP contribution in [0.1, 0.15) is 46.0 Å². The molecule has 4 heteroatoms. The molecule has 1 aromatic heterocycles. The molecule has 2 heterocycles. The maximum absolute atomic E-state index is 13.1. The van der Waals surface area contributed by atoms with Crippen molar-refractivity contribution in [1.82, 2.24) is 0 Å². The van der Waals surface area contributed by atoms with Gasteiger partial charge in [0, 0.05) is 39.6 Å². The SMILES string of the molecule is O=C1CCCC2=C1[C@@H](c1cccs1)[C@H]1C(=O)c3ccccc3C1=N2. The van der Waals surface area contributed by atoms with Crippen LogP contribution >= 0.6 is 11.3 Å². The molecule has 118 valence electrons. The van der Waals surface area contributed by atoms with Crippen LogP contribution in [0.3, 0.4) is 0 Å². The number of hydrogen-bond acceptors (Lipinski definition) is 4. The molecule has 2 atom stereocenters. The van der Waals surface area contributed by atoms with Crippen LogP contribution in [0.2, 0.25) is 0 Å². The highest BCUT2D eigenvalue weighted by molar-refractivity contribution is 7.10. The molecule has 0 saturated carbocycles. The number of benzene rings is 1. The lowest BCUT2D eigenvalue weighted by Gasteiger charge is -2.32. The van der Waals surface area contributed by atoms with Crippen molar-refractivity contribution in [3.8, 4) is 0 Å². The number of fused-ring (bicyclic) bond motifs is 3. The van der Waals surface area contributed by atoms with Crippen molar-refractivity contribution in [2.75, 3.05) is 0 Å². The molecule has 0 amide bonds. The van der Waals surface area contributed by atoms with Crippen molar-refractivity contribution in [1.29, 1.82) is 0 Å². The lowest BCUT2D eigenvalue weighted by Crippen LogP contribution is -2.33. The molecule has 1 aromatic carbocycles. The minimum absolute atomic E-state index is 0.104. The summed E-state index contributed by atoms with van der Waals surface area (Å²) in [6.07, 6.45) is 2.25. The van der Waals surface area contributed by atoms with Crippen LogP contribution in [0, 0.1) is 5.92 Å². The van der Waals surface area contributed by atoms with Crippen molar-refractivity contribution >= 4 is 28.6 Å². The average Bonchev–Trinajstić information content (AvgIpc) is 3.22. The normalized spacial score (nSPS) is 25.2. The second-order valence-electron chi connectivity index (χ2n) is 6.51. The minimum Gasteiger partial charge on any atom is -0.294 e. The summed E-state index contributed by atoms with van der Waals surface area (Å²) in [7, 11) is 0. The molecule has 2 aromatic rings. The van der Waals surface area contributed by atoms with Gasteiger partial charge in [-0.15, -0.1) is 11.3 Å². The van der Waals surface area contributed by atoms with Crippen molar-refractivity contribution < 1.29 is 9.59 Å². The lowest BCUT2D eigenvalue weighted by atomic mass is 9.74. The highest BCUT2D eigenvalue weighted by atomic mass is 32.1. The Labute approximate surface area is 143 Å². The van der Waals surface area contributed by atoms with E-state index in [0.29, 0.717) is 6.42 Å². The molecule has 2 aliphatic carbocycles. The second-order valence-corrected chi connectivity index (χ2v) is 7.49. The van der Waals surface area contributed by atoms with Gasteiger partial charge in [0.2, 0.25) is 0 Å². The number of nitrogens with zero attached hydrogens (tertiary/aromatic N) is 1. The fraction of sp³-hybridized carbons (Fsp3) is 0.250. The van der Waals surface area contributed by atoms with E-state index in [9.17, 15) is 9.59 Å². The Hall–Kier alpha value is -2.33. The Balaban J connectivity index is 1.78. The van der Waals surface area contributed by atoms with Crippen molar-refractivity contribution in [3.05, 3.63) is 69.1 Å². The van der Waals surface area contributed by atoms with Crippen molar-refractivity contribution in [2.45, 2.75) is 25.2 Å². The third-order valence-corrected chi connectivity index (χ3v) is 6.18. The Bertz CT molecular complexity index is 936. The van der Waals surface area contributed by atoms with E-state index >= 15 is 0 Å². The Morgan fingerprint density at radius 1 is 0.958 bits per heavy atom. The van der Waals surface area contributed by atoms with Crippen LogP contribution in [0.15, 0.2) is 58.0 Å². The van der Waals surface area contributed by atoms with E-state index in [1.165, 1.54) is 0 Å². The zero-order chi connectivity index (χ0) is 16.3.